The standard InChI is InChI=1S/C8H9N5O.C5H5BrN2O.C3H5N3/c1-14-8-10-4-6(5-11-8)13-3-2-7(9)12-13;1-9-5-7-2-4(6)3-8-5;4-3-1-2-5-6-3/h2-5H,1H3,(H2,9,12);2-3H,1H3;1-2H,(H3,4,5,6). The Morgan fingerprint density at radius 1 is 0.931 bits per heavy atom. The number of anilines is 2. The van der Waals surface area contributed by atoms with Crippen LogP contribution in [0.3, 0.4) is 0 Å². The second-order valence-electron chi connectivity index (χ2n) is 5.01. The molecular formula is C16H19BrN10O2. The molecule has 0 bridgehead atoms. The summed E-state index contributed by atoms with van der Waals surface area (Å²) in [6, 6.07) is 4.11. The molecule has 152 valence electrons. The minimum Gasteiger partial charge on any atom is -0.467 e. The van der Waals surface area contributed by atoms with Crippen LogP contribution in [-0.2, 0) is 0 Å². The van der Waals surface area contributed by atoms with Crippen molar-refractivity contribution < 1.29 is 9.47 Å². The number of nitrogens with two attached hydrogens (primary N) is 2. The number of nitrogen functional groups attached to an aromatic ring is 2. The van der Waals surface area contributed by atoms with Gasteiger partial charge in [-0.05, 0) is 22.0 Å². The van der Waals surface area contributed by atoms with E-state index in [2.05, 4.69) is 51.2 Å². The fourth-order valence-electron chi connectivity index (χ4n) is 1.69. The number of hydrogen-bond acceptors (Lipinski definition) is 10. The Morgan fingerprint density at radius 2 is 1.52 bits per heavy atom. The van der Waals surface area contributed by atoms with Crippen LogP contribution in [0.5, 0.6) is 12.0 Å². The summed E-state index contributed by atoms with van der Waals surface area (Å²) in [5, 5.41) is 10.1. The van der Waals surface area contributed by atoms with Gasteiger partial charge in [-0.1, -0.05) is 0 Å². The van der Waals surface area contributed by atoms with Gasteiger partial charge in [0.2, 0.25) is 0 Å². The van der Waals surface area contributed by atoms with Gasteiger partial charge in [-0.15, -0.1) is 0 Å². The zero-order valence-electron chi connectivity index (χ0n) is 15.6. The van der Waals surface area contributed by atoms with E-state index < -0.39 is 0 Å². The zero-order chi connectivity index (χ0) is 21.1. The molecule has 29 heavy (non-hydrogen) atoms. The molecule has 0 fully saturated rings. The molecule has 4 aromatic rings. The number of halogens is 1. The minimum absolute atomic E-state index is 0.328. The van der Waals surface area contributed by atoms with E-state index in [-0.39, 0.29) is 0 Å². The summed E-state index contributed by atoms with van der Waals surface area (Å²) < 4.78 is 12.0. The third-order valence-electron chi connectivity index (χ3n) is 2.97. The molecular weight excluding hydrogens is 444 g/mol. The Labute approximate surface area is 174 Å². The predicted octanol–water partition coefficient (Wildman–Crippen LogP) is 1.49. The number of hydrogen-bond donors (Lipinski definition) is 3. The molecule has 0 aliphatic heterocycles. The SMILES string of the molecule is COc1ncc(-n2ccc(N)n2)cn1.COc1ncc(Br)cn1.Nc1ccn[nH]1. The van der Waals surface area contributed by atoms with Gasteiger partial charge in [0.25, 0.3) is 0 Å². The molecule has 0 aromatic carbocycles. The van der Waals surface area contributed by atoms with Crippen molar-refractivity contribution in [3.05, 3.63) is 53.8 Å². The van der Waals surface area contributed by atoms with Crippen LogP contribution in [0.1, 0.15) is 0 Å². The summed E-state index contributed by atoms with van der Waals surface area (Å²) in [4.78, 5) is 15.5. The number of H-pyrrole nitrogens is 1. The van der Waals surface area contributed by atoms with Gasteiger partial charge in [-0.2, -0.15) is 10.2 Å². The lowest BCUT2D eigenvalue weighted by atomic mass is 10.5. The Bertz CT molecular complexity index is 958. The molecule has 0 atom stereocenters. The Kier molecular flexibility index (Phi) is 8.31. The van der Waals surface area contributed by atoms with Crippen LogP contribution in [-0.4, -0.2) is 54.1 Å². The average Bonchev–Trinajstić information content (AvgIpc) is 3.41. The smallest absolute Gasteiger partial charge is 0.316 e. The first-order chi connectivity index (χ1) is 14.0. The Morgan fingerprint density at radius 3 is 1.90 bits per heavy atom. The molecule has 0 unspecified atom stereocenters. The maximum absolute atomic E-state index is 5.47. The van der Waals surface area contributed by atoms with Crippen LogP contribution in [0.15, 0.2) is 53.8 Å². The van der Waals surface area contributed by atoms with Gasteiger partial charge < -0.3 is 20.9 Å². The van der Waals surface area contributed by atoms with Crippen molar-refractivity contribution in [2.24, 2.45) is 0 Å². The van der Waals surface area contributed by atoms with E-state index in [4.69, 9.17) is 20.9 Å². The number of aromatic nitrogens is 8. The zero-order valence-corrected chi connectivity index (χ0v) is 17.2. The summed E-state index contributed by atoms with van der Waals surface area (Å²) in [6.07, 6.45) is 9.82. The number of nitrogens with one attached hydrogen (secondary N) is 1. The summed E-state index contributed by atoms with van der Waals surface area (Å²) in [5.74, 6) is 1.07. The van der Waals surface area contributed by atoms with Crippen LogP contribution in [0.4, 0.5) is 11.6 Å². The van der Waals surface area contributed by atoms with E-state index in [1.54, 1.807) is 54.0 Å². The normalized spacial score (nSPS) is 9.48. The van der Waals surface area contributed by atoms with Crippen LogP contribution in [0.25, 0.3) is 5.69 Å². The highest BCUT2D eigenvalue weighted by Gasteiger charge is 2.00. The fraction of sp³-hybridized carbons (Fsp3) is 0.125. The average molecular weight is 463 g/mol. The largest absolute Gasteiger partial charge is 0.467 e. The molecule has 12 nitrogen and oxygen atoms in total. The molecule has 4 rings (SSSR count). The highest BCUT2D eigenvalue weighted by molar-refractivity contribution is 9.10. The first-order valence-electron chi connectivity index (χ1n) is 7.95. The third-order valence-corrected chi connectivity index (χ3v) is 3.38. The molecule has 0 saturated carbocycles. The van der Waals surface area contributed by atoms with Crippen molar-refractivity contribution in [2.75, 3.05) is 25.7 Å². The summed E-state index contributed by atoms with van der Waals surface area (Å²) >= 11 is 3.19. The van der Waals surface area contributed by atoms with Crippen LogP contribution < -0.4 is 20.9 Å². The predicted molar refractivity (Wildman–Crippen MR) is 109 cm³/mol. The van der Waals surface area contributed by atoms with Crippen LogP contribution in [0, 0.1) is 0 Å². The lowest BCUT2D eigenvalue weighted by Crippen LogP contribution is -1.99. The van der Waals surface area contributed by atoms with Crippen molar-refractivity contribution in [3.8, 4) is 17.7 Å². The quantitative estimate of drug-likeness (QED) is 0.405. The van der Waals surface area contributed by atoms with Crippen molar-refractivity contribution in [1.82, 2.24) is 39.9 Å². The number of nitrogens with zero attached hydrogens (tertiary/aromatic N) is 7. The second kappa shape index (κ2) is 11.2. The molecule has 0 saturated heterocycles. The second-order valence-corrected chi connectivity index (χ2v) is 5.93. The highest BCUT2D eigenvalue weighted by Crippen LogP contribution is 2.08. The number of aromatic amines is 1. The molecule has 4 heterocycles. The topological polar surface area (TPSA) is 169 Å². The number of ether oxygens (including phenoxy) is 2. The fourth-order valence-corrected chi connectivity index (χ4v) is 1.89. The van der Waals surface area contributed by atoms with Gasteiger partial charge in [0, 0.05) is 24.7 Å². The monoisotopic (exact) mass is 462 g/mol. The van der Waals surface area contributed by atoms with Gasteiger partial charge >= 0.3 is 12.0 Å². The molecule has 13 heteroatoms. The molecule has 0 radical (unpaired) electrons. The summed E-state index contributed by atoms with van der Waals surface area (Å²) in [6.45, 7) is 0. The van der Waals surface area contributed by atoms with Gasteiger partial charge in [-0.3, -0.25) is 5.10 Å². The van der Waals surface area contributed by atoms with Crippen molar-refractivity contribution in [3.63, 3.8) is 0 Å². The Hall–Kier alpha value is -3.74. The Balaban J connectivity index is 0.000000171. The van der Waals surface area contributed by atoms with Gasteiger partial charge in [-0.25, -0.2) is 24.6 Å². The van der Waals surface area contributed by atoms with E-state index >= 15 is 0 Å². The third kappa shape index (κ3) is 7.42. The summed E-state index contributed by atoms with van der Waals surface area (Å²) in [5.41, 5.74) is 11.4. The van der Waals surface area contributed by atoms with Crippen LogP contribution in [0.2, 0.25) is 0 Å². The number of rotatable bonds is 3. The molecule has 0 amide bonds. The lowest BCUT2D eigenvalue weighted by molar-refractivity contribution is 0.379. The molecule has 0 aliphatic rings. The van der Waals surface area contributed by atoms with E-state index in [0.717, 1.165) is 10.2 Å². The van der Waals surface area contributed by atoms with Gasteiger partial charge in [0.1, 0.15) is 17.3 Å². The van der Waals surface area contributed by atoms with Crippen LogP contribution >= 0.6 is 15.9 Å². The van der Waals surface area contributed by atoms with Crippen molar-refractivity contribution >= 4 is 27.6 Å². The first kappa shape index (κ1) is 21.6. The maximum atomic E-state index is 5.47. The minimum atomic E-state index is 0.328. The first-order valence-corrected chi connectivity index (χ1v) is 8.75. The molecule has 0 spiro atoms. The highest BCUT2D eigenvalue weighted by atomic mass is 79.9. The van der Waals surface area contributed by atoms with Crippen molar-refractivity contribution in [2.45, 2.75) is 0 Å². The number of methoxy groups -OCH3 is 2. The molecule has 0 aliphatic carbocycles. The molecule has 5 N–H and O–H groups in total. The van der Waals surface area contributed by atoms with E-state index in [1.165, 1.54) is 14.2 Å². The summed E-state index contributed by atoms with van der Waals surface area (Å²) in [7, 11) is 3.05. The van der Waals surface area contributed by atoms with Gasteiger partial charge in [0.15, 0.2) is 0 Å². The van der Waals surface area contributed by atoms with Gasteiger partial charge in [0.05, 0.1) is 37.3 Å². The maximum Gasteiger partial charge on any atom is 0.316 e. The van der Waals surface area contributed by atoms with Crippen molar-refractivity contribution in [1.29, 1.82) is 0 Å². The molecule has 4 aromatic heterocycles. The van der Waals surface area contributed by atoms with E-state index in [1.807, 2.05) is 0 Å². The lowest BCUT2D eigenvalue weighted by Gasteiger charge is -2.00. The van der Waals surface area contributed by atoms with E-state index in [9.17, 15) is 0 Å². The van der Waals surface area contributed by atoms with E-state index in [0.29, 0.717) is 23.7 Å².